The first-order valence-corrected chi connectivity index (χ1v) is 11.1. The Morgan fingerprint density at radius 3 is 2.64 bits per heavy atom. The molecule has 6 nitrogen and oxygen atoms in total. The Bertz CT molecular complexity index is 938. The fraction of sp³-hybridized carbons (Fsp3) is 0.389. The van der Waals surface area contributed by atoms with Gasteiger partial charge in [-0.2, -0.15) is 0 Å². The van der Waals surface area contributed by atoms with E-state index in [1.54, 1.807) is 6.92 Å². The van der Waals surface area contributed by atoms with Crippen molar-refractivity contribution in [3.63, 3.8) is 0 Å². The quantitative estimate of drug-likeness (QED) is 0.640. The zero-order valence-electron chi connectivity index (χ0n) is 15.2. The van der Waals surface area contributed by atoms with Crippen molar-refractivity contribution in [3.05, 3.63) is 36.3 Å². The van der Waals surface area contributed by atoms with Gasteiger partial charge < -0.3 is 10.1 Å². The fourth-order valence-corrected chi connectivity index (χ4v) is 5.93. The molecule has 0 radical (unpaired) electrons. The molecule has 0 aromatic carbocycles. The van der Waals surface area contributed by atoms with Gasteiger partial charge in [0.25, 0.3) is 11.8 Å². The lowest BCUT2D eigenvalue weighted by molar-refractivity contribution is 0.0925. The molecule has 1 aliphatic carbocycles. The van der Waals surface area contributed by atoms with Gasteiger partial charge in [0.2, 0.25) is 0 Å². The Morgan fingerprint density at radius 1 is 1.25 bits per heavy atom. The van der Waals surface area contributed by atoms with Gasteiger partial charge in [-0.25, -0.2) is 4.79 Å². The predicted molar refractivity (Wildman–Crippen MR) is 112 cm³/mol. The van der Waals surface area contributed by atoms with E-state index in [0.717, 1.165) is 34.6 Å². The summed E-state index contributed by atoms with van der Waals surface area (Å²) in [5.74, 6) is -0.555. The number of hydrogen-bond acceptors (Lipinski definition) is 6. The van der Waals surface area contributed by atoms with Crippen molar-refractivity contribution < 1.29 is 19.1 Å². The molecular formula is C18H18Cl2N2O4S2. The number of fused-ring (bicyclic) bond motifs is 1. The molecule has 1 atom stereocenters. The number of ether oxygens (including phenoxy) is 1. The summed E-state index contributed by atoms with van der Waals surface area (Å²) in [6, 6.07) is 1.48. The lowest BCUT2D eigenvalue weighted by atomic mass is 9.88. The normalized spacial score (nSPS) is 15.6. The molecule has 28 heavy (non-hydrogen) atoms. The van der Waals surface area contributed by atoms with Crippen LogP contribution in [-0.4, -0.2) is 24.5 Å². The number of carbonyl (C=O) groups excluding carboxylic acids is 3. The average Bonchev–Trinajstić information content (AvgIpc) is 3.13. The standard InChI is InChI=1S/C18H18Cl2N2O4S2/c1-3-26-18(25)22-16(24)13-9-5-4-8(2)6-11(9)27-17(13)21-15(23)10-7-12(19)28-14(10)20/h7-8H,3-6H2,1-2H3,(H,21,23)(H,22,24,25). The number of alkyl carbamates (subject to hydrolysis) is 1. The van der Waals surface area contributed by atoms with E-state index in [4.69, 9.17) is 27.9 Å². The Balaban J connectivity index is 1.93. The topological polar surface area (TPSA) is 84.5 Å². The number of rotatable bonds is 4. The van der Waals surface area contributed by atoms with Crippen LogP contribution < -0.4 is 10.6 Å². The van der Waals surface area contributed by atoms with Crippen LogP contribution >= 0.6 is 45.9 Å². The number of hydrogen-bond donors (Lipinski definition) is 2. The van der Waals surface area contributed by atoms with E-state index in [9.17, 15) is 14.4 Å². The van der Waals surface area contributed by atoms with E-state index in [1.165, 1.54) is 17.4 Å². The molecule has 0 aliphatic heterocycles. The summed E-state index contributed by atoms with van der Waals surface area (Å²) >= 11 is 14.4. The van der Waals surface area contributed by atoms with Gasteiger partial charge in [0.15, 0.2) is 0 Å². The van der Waals surface area contributed by atoms with Crippen molar-refractivity contribution in [2.45, 2.75) is 33.1 Å². The van der Waals surface area contributed by atoms with E-state index in [1.807, 2.05) is 0 Å². The van der Waals surface area contributed by atoms with Gasteiger partial charge in [-0.1, -0.05) is 30.1 Å². The number of anilines is 1. The highest BCUT2D eigenvalue weighted by atomic mass is 35.5. The number of carbonyl (C=O) groups is 3. The molecule has 3 amide bonds. The highest BCUT2D eigenvalue weighted by Gasteiger charge is 2.30. The molecule has 2 N–H and O–H groups in total. The summed E-state index contributed by atoms with van der Waals surface area (Å²) < 4.78 is 5.47. The maximum atomic E-state index is 12.8. The zero-order chi connectivity index (χ0) is 20.4. The largest absolute Gasteiger partial charge is 0.450 e. The van der Waals surface area contributed by atoms with Gasteiger partial charge in [-0.05, 0) is 43.7 Å². The van der Waals surface area contributed by atoms with E-state index in [-0.39, 0.29) is 16.5 Å². The van der Waals surface area contributed by atoms with Crippen molar-refractivity contribution >= 4 is 68.8 Å². The molecule has 150 valence electrons. The van der Waals surface area contributed by atoms with Crippen LogP contribution in [0.4, 0.5) is 9.80 Å². The molecule has 0 saturated carbocycles. The van der Waals surface area contributed by atoms with Crippen molar-refractivity contribution in [2.75, 3.05) is 11.9 Å². The van der Waals surface area contributed by atoms with Crippen molar-refractivity contribution in [2.24, 2.45) is 5.92 Å². The summed E-state index contributed by atoms with van der Waals surface area (Å²) in [6.45, 7) is 3.95. The first kappa shape index (κ1) is 21.1. The maximum absolute atomic E-state index is 12.8. The average molecular weight is 461 g/mol. The van der Waals surface area contributed by atoms with Crippen LogP contribution in [0.25, 0.3) is 0 Å². The molecule has 10 heteroatoms. The lowest BCUT2D eigenvalue weighted by Gasteiger charge is -2.18. The van der Waals surface area contributed by atoms with Crippen LogP contribution in [0.1, 0.15) is 51.4 Å². The second-order valence-corrected chi connectivity index (χ2v) is 9.81. The van der Waals surface area contributed by atoms with Crippen LogP contribution in [0.15, 0.2) is 6.07 Å². The van der Waals surface area contributed by atoms with Gasteiger partial charge in [0, 0.05) is 4.88 Å². The minimum Gasteiger partial charge on any atom is -0.450 e. The minimum absolute atomic E-state index is 0.152. The number of amides is 3. The summed E-state index contributed by atoms with van der Waals surface area (Å²) in [5, 5.41) is 5.39. The number of halogens is 2. The molecule has 0 spiro atoms. The third kappa shape index (κ3) is 4.51. The van der Waals surface area contributed by atoms with Crippen LogP contribution in [0, 0.1) is 5.92 Å². The Morgan fingerprint density at radius 2 is 2.00 bits per heavy atom. The predicted octanol–water partition coefficient (Wildman–Crippen LogP) is 5.38. The summed E-state index contributed by atoms with van der Waals surface area (Å²) in [6.07, 6.45) is 1.64. The molecule has 0 bridgehead atoms. The SMILES string of the molecule is CCOC(=O)NC(=O)c1c(NC(=O)c2cc(Cl)sc2Cl)sc2c1CCC(C)C2. The molecule has 0 saturated heterocycles. The van der Waals surface area contributed by atoms with Crippen molar-refractivity contribution in [3.8, 4) is 0 Å². The van der Waals surface area contributed by atoms with E-state index < -0.39 is 17.9 Å². The maximum Gasteiger partial charge on any atom is 0.414 e. The van der Waals surface area contributed by atoms with Crippen LogP contribution in [0.5, 0.6) is 0 Å². The summed E-state index contributed by atoms with van der Waals surface area (Å²) in [7, 11) is 0. The number of thiophene rings is 2. The van der Waals surface area contributed by atoms with Gasteiger partial charge in [-0.15, -0.1) is 22.7 Å². The smallest absolute Gasteiger partial charge is 0.414 e. The number of nitrogens with one attached hydrogen (secondary N) is 2. The molecule has 2 heterocycles. The van der Waals surface area contributed by atoms with Crippen LogP contribution in [-0.2, 0) is 17.6 Å². The molecule has 3 rings (SSSR count). The molecule has 2 aromatic rings. The molecule has 1 unspecified atom stereocenters. The zero-order valence-corrected chi connectivity index (χ0v) is 18.3. The first-order valence-electron chi connectivity index (χ1n) is 8.69. The van der Waals surface area contributed by atoms with Crippen LogP contribution in [0.2, 0.25) is 8.67 Å². The molecule has 2 aromatic heterocycles. The highest BCUT2D eigenvalue weighted by Crippen LogP contribution is 2.40. The van der Waals surface area contributed by atoms with Crippen molar-refractivity contribution in [1.29, 1.82) is 0 Å². The van der Waals surface area contributed by atoms with Gasteiger partial charge in [0.05, 0.1) is 22.1 Å². The second kappa shape index (κ2) is 8.82. The molecule has 1 aliphatic rings. The Kier molecular flexibility index (Phi) is 6.65. The van der Waals surface area contributed by atoms with Crippen LogP contribution in [0.3, 0.4) is 0 Å². The third-order valence-corrected chi connectivity index (χ3v) is 7.02. The van der Waals surface area contributed by atoms with Gasteiger partial charge >= 0.3 is 6.09 Å². The molecular weight excluding hydrogens is 443 g/mol. The van der Waals surface area contributed by atoms with Gasteiger partial charge in [-0.3, -0.25) is 14.9 Å². The minimum atomic E-state index is -0.818. The summed E-state index contributed by atoms with van der Waals surface area (Å²) in [5.41, 5.74) is 1.42. The Hall–Kier alpha value is -1.61. The Labute approximate surface area is 180 Å². The lowest BCUT2D eigenvalue weighted by Crippen LogP contribution is -2.32. The van der Waals surface area contributed by atoms with E-state index in [2.05, 4.69) is 17.6 Å². The van der Waals surface area contributed by atoms with E-state index in [0.29, 0.717) is 27.2 Å². The molecule has 0 fully saturated rings. The fourth-order valence-electron chi connectivity index (χ4n) is 3.07. The first-order chi connectivity index (χ1) is 13.3. The highest BCUT2D eigenvalue weighted by molar-refractivity contribution is 7.20. The second-order valence-electron chi connectivity index (χ2n) is 6.42. The third-order valence-electron chi connectivity index (χ3n) is 4.36. The van der Waals surface area contributed by atoms with Gasteiger partial charge in [0.1, 0.15) is 9.34 Å². The van der Waals surface area contributed by atoms with Crippen molar-refractivity contribution in [1.82, 2.24) is 5.32 Å². The monoisotopic (exact) mass is 460 g/mol. The van der Waals surface area contributed by atoms with E-state index >= 15 is 0 Å². The number of imide groups is 1. The summed E-state index contributed by atoms with van der Waals surface area (Å²) in [4.78, 5) is 38.2.